The Morgan fingerprint density at radius 2 is 1.95 bits per heavy atom. The van der Waals surface area contributed by atoms with E-state index in [0.717, 1.165) is 38.9 Å². The van der Waals surface area contributed by atoms with E-state index < -0.39 is 0 Å². The van der Waals surface area contributed by atoms with E-state index in [9.17, 15) is 9.59 Å². The van der Waals surface area contributed by atoms with Gasteiger partial charge in [0.1, 0.15) is 0 Å². The van der Waals surface area contributed by atoms with Crippen molar-refractivity contribution < 1.29 is 14.3 Å². The molecule has 0 aromatic carbocycles. The number of ether oxygens (including phenoxy) is 1. The number of hydrogen-bond donors (Lipinski definition) is 1. The van der Waals surface area contributed by atoms with Gasteiger partial charge in [-0.1, -0.05) is 6.42 Å². The zero-order chi connectivity index (χ0) is 13.7. The molecular weight excluding hydrogens is 246 g/mol. The maximum Gasteiger partial charge on any atom is 0.319 e. The van der Waals surface area contributed by atoms with E-state index in [1.54, 1.807) is 0 Å². The summed E-state index contributed by atoms with van der Waals surface area (Å²) in [5.74, 6) is 0.00569. The van der Waals surface area contributed by atoms with Gasteiger partial charge in [-0.05, 0) is 19.4 Å². The Kier molecular flexibility index (Phi) is 5.15. The Bertz CT molecular complexity index is 321. The van der Waals surface area contributed by atoms with Gasteiger partial charge in [0.25, 0.3) is 0 Å². The average Bonchev–Trinajstić information content (AvgIpc) is 2.48. The van der Waals surface area contributed by atoms with E-state index in [-0.39, 0.29) is 17.9 Å². The van der Waals surface area contributed by atoms with Crippen LogP contribution in [0.5, 0.6) is 0 Å². The Morgan fingerprint density at radius 3 is 2.53 bits per heavy atom. The van der Waals surface area contributed by atoms with E-state index in [1.165, 1.54) is 7.11 Å². The van der Waals surface area contributed by atoms with Crippen molar-refractivity contribution in [2.45, 2.75) is 25.3 Å². The SMILES string of the molecule is COC(=O)CN1CCN(C(=O)[C@H]2CCCCN2)CC1. The lowest BCUT2D eigenvalue weighted by Gasteiger charge is -2.36. The molecule has 2 aliphatic rings. The summed E-state index contributed by atoms with van der Waals surface area (Å²) in [6.07, 6.45) is 3.24. The summed E-state index contributed by atoms with van der Waals surface area (Å²) in [4.78, 5) is 27.4. The minimum Gasteiger partial charge on any atom is -0.468 e. The first-order chi connectivity index (χ1) is 9.20. The van der Waals surface area contributed by atoms with Crippen LogP contribution in [0.3, 0.4) is 0 Å². The Balaban J connectivity index is 1.76. The summed E-state index contributed by atoms with van der Waals surface area (Å²) in [7, 11) is 1.40. The zero-order valence-electron chi connectivity index (χ0n) is 11.6. The number of carbonyl (C=O) groups excluding carboxylic acids is 2. The second-order valence-electron chi connectivity index (χ2n) is 5.18. The molecule has 0 spiro atoms. The summed E-state index contributed by atoms with van der Waals surface area (Å²) in [5.41, 5.74) is 0. The van der Waals surface area contributed by atoms with Gasteiger partial charge in [0.05, 0.1) is 19.7 Å². The van der Waals surface area contributed by atoms with Gasteiger partial charge < -0.3 is 15.0 Å². The lowest BCUT2D eigenvalue weighted by molar-refractivity contribution is -0.143. The number of hydrogen-bond acceptors (Lipinski definition) is 5. The highest BCUT2D eigenvalue weighted by atomic mass is 16.5. The monoisotopic (exact) mass is 269 g/mol. The van der Waals surface area contributed by atoms with Crippen LogP contribution in [0, 0.1) is 0 Å². The van der Waals surface area contributed by atoms with E-state index in [4.69, 9.17) is 0 Å². The van der Waals surface area contributed by atoms with E-state index in [2.05, 4.69) is 10.1 Å². The number of carbonyl (C=O) groups is 2. The molecule has 2 heterocycles. The minimum absolute atomic E-state index is 0.000840. The molecule has 0 aliphatic carbocycles. The number of nitrogens with zero attached hydrogens (tertiary/aromatic N) is 2. The van der Waals surface area contributed by atoms with Crippen LogP contribution in [-0.2, 0) is 14.3 Å². The van der Waals surface area contributed by atoms with Crippen molar-refractivity contribution in [1.82, 2.24) is 15.1 Å². The topological polar surface area (TPSA) is 61.9 Å². The van der Waals surface area contributed by atoms with Gasteiger partial charge in [0.2, 0.25) is 5.91 Å². The molecule has 6 heteroatoms. The molecule has 108 valence electrons. The smallest absolute Gasteiger partial charge is 0.319 e. The molecule has 2 aliphatic heterocycles. The molecule has 2 saturated heterocycles. The third kappa shape index (κ3) is 3.91. The molecule has 2 rings (SSSR count). The molecular formula is C13H23N3O3. The van der Waals surface area contributed by atoms with Crippen molar-refractivity contribution >= 4 is 11.9 Å². The lowest BCUT2D eigenvalue weighted by Crippen LogP contribution is -2.55. The number of rotatable bonds is 3. The largest absolute Gasteiger partial charge is 0.468 e. The van der Waals surface area contributed by atoms with Crippen molar-refractivity contribution in [1.29, 1.82) is 0 Å². The quantitative estimate of drug-likeness (QED) is 0.696. The van der Waals surface area contributed by atoms with Crippen molar-refractivity contribution in [2.24, 2.45) is 0 Å². The normalized spacial score (nSPS) is 25.1. The van der Waals surface area contributed by atoms with Crippen LogP contribution in [0.4, 0.5) is 0 Å². The van der Waals surface area contributed by atoms with Crippen LogP contribution in [-0.4, -0.2) is 74.1 Å². The third-order valence-electron chi connectivity index (χ3n) is 3.87. The standard InChI is InChI=1S/C13H23N3O3/c1-19-12(17)10-15-6-8-16(9-7-15)13(18)11-4-2-3-5-14-11/h11,14H,2-10H2,1H3/t11-/m1/s1. The highest BCUT2D eigenvalue weighted by molar-refractivity contribution is 5.82. The van der Waals surface area contributed by atoms with Gasteiger partial charge in [0.15, 0.2) is 0 Å². The second-order valence-corrected chi connectivity index (χ2v) is 5.18. The number of amides is 1. The van der Waals surface area contributed by atoms with Gasteiger partial charge in [-0.2, -0.15) is 0 Å². The van der Waals surface area contributed by atoms with E-state index >= 15 is 0 Å². The molecule has 1 amide bonds. The van der Waals surface area contributed by atoms with Crippen molar-refractivity contribution in [3.63, 3.8) is 0 Å². The van der Waals surface area contributed by atoms with Crippen LogP contribution < -0.4 is 5.32 Å². The van der Waals surface area contributed by atoms with E-state index in [1.807, 2.05) is 9.80 Å². The molecule has 1 N–H and O–H groups in total. The molecule has 19 heavy (non-hydrogen) atoms. The molecule has 0 aromatic rings. The van der Waals surface area contributed by atoms with Crippen LogP contribution in [0.25, 0.3) is 0 Å². The fourth-order valence-corrected chi connectivity index (χ4v) is 2.66. The summed E-state index contributed by atoms with van der Waals surface area (Å²) in [6.45, 7) is 4.15. The summed E-state index contributed by atoms with van der Waals surface area (Å²) >= 11 is 0. The fraction of sp³-hybridized carbons (Fsp3) is 0.846. The molecule has 0 radical (unpaired) electrons. The lowest BCUT2D eigenvalue weighted by atomic mass is 10.0. The van der Waals surface area contributed by atoms with Crippen LogP contribution in [0.2, 0.25) is 0 Å². The molecule has 0 unspecified atom stereocenters. The highest BCUT2D eigenvalue weighted by Gasteiger charge is 2.28. The zero-order valence-corrected chi connectivity index (χ0v) is 11.6. The van der Waals surface area contributed by atoms with Crippen molar-refractivity contribution in [3.8, 4) is 0 Å². The first kappa shape index (κ1) is 14.3. The number of piperazine rings is 1. The molecule has 0 aromatic heterocycles. The summed E-state index contributed by atoms with van der Waals surface area (Å²) in [5, 5.41) is 3.29. The number of nitrogens with one attached hydrogen (secondary N) is 1. The predicted octanol–water partition coefficient (Wildman–Crippen LogP) is -0.554. The number of piperidine rings is 1. The minimum atomic E-state index is -0.214. The average molecular weight is 269 g/mol. The maximum atomic E-state index is 12.3. The Morgan fingerprint density at radius 1 is 1.21 bits per heavy atom. The molecule has 0 saturated carbocycles. The fourth-order valence-electron chi connectivity index (χ4n) is 2.66. The molecule has 2 fully saturated rings. The predicted molar refractivity (Wildman–Crippen MR) is 70.7 cm³/mol. The van der Waals surface area contributed by atoms with Gasteiger partial charge in [0, 0.05) is 26.2 Å². The van der Waals surface area contributed by atoms with Crippen LogP contribution in [0.1, 0.15) is 19.3 Å². The van der Waals surface area contributed by atoms with Gasteiger partial charge in [-0.25, -0.2) is 0 Å². The first-order valence-corrected chi connectivity index (χ1v) is 7.02. The number of esters is 1. The molecule has 6 nitrogen and oxygen atoms in total. The van der Waals surface area contributed by atoms with Crippen LogP contribution in [0.15, 0.2) is 0 Å². The Hall–Kier alpha value is -1.14. The van der Waals surface area contributed by atoms with Gasteiger partial charge in [-0.15, -0.1) is 0 Å². The highest BCUT2D eigenvalue weighted by Crippen LogP contribution is 2.11. The Labute approximate surface area is 114 Å². The second kappa shape index (κ2) is 6.86. The molecule has 1 atom stereocenters. The summed E-state index contributed by atoms with van der Waals surface area (Å²) in [6, 6.07) is 0.000840. The maximum absolute atomic E-state index is 12.3. The van der Waals surface area contributed by atoms with Crippen molar-refractivity contribution in [3.05, 3.63) is 0 Å². The van der Waals surface area contributed by atoms with Crippen molar-refractivity contribution in [2.75, 3.05) is 46.4 Å². The first-order valence-electron chi connectivity index (χ1n) is 7.02. The van der Waals surface area contributed by atoms with E-state index in [0.29, 0.717) is 19.6 Å². The summed E-state index contributed by atoms with van der Waals surface area (Å²) < 4.78 is 4.65. The van der Waals surface area contributed by atoms with Crippen LogP contribution >= 0.6 is 0 Å². The molecule has 0 bridgehead atoms. The van der Waals surface area contributed by atoms with Gasteiger partial charge in [-0.3, -0.25) is 14.5 Å². The third-order valence-corrected chi connectivity index (χ3v) is 3.87. The van der Waals surface area contributed by atoms with Gasteiger partial charge >= 0.3 is 5.97 Å². The number of methoxy groups -OCH3 is 1.